The van der Waals surface area contributed by atoms with E-state index < -0.39 is 6.16 Å². The van der Waals surface area contributed by atoms with Crippen LogP contribution in [0, 0.1) is 0 Å². The summed E-state index contributed by atoms with van der Waals surface area (Å²) >= 11 is 0. The average molecular weight is 234 g/mol. The molecule has 0 aliphatic carbocycles. The predicted molar refractivity (Wildman–Crippen MR) is 61.1 cm³/mol. The van der Waals surface area contributed by atoms with Gasteiger partial charge in [0.15, 0.2) is 0 Å². The zero-order valence-corrected chi connectivity index (χ0v) is 9.54. The molecule has 1 heterocycles. The maximum absolute atomic E-state index is 9.80. The van der Waals surface area contributed by atoms with Crippen LogP contribution in [0.15, 0.2) is 0 Å². The van der Waals surface area contributed by atoms with E-state index in [1.54, 1.807) is 0 Å². The number of nitrogens with two attached hydrogens (primary N) is 2. The van der Waals surface area contributed by atoms with Crippen LogP contribution in [0.4, 0.5) is 4.79 Å². The standard InChI is InChI=1S/C6H18N4.C3H4O3/c7-1-3-9-5-6-10-4-2-8;4-3-5-1-2-6-3/h9-10H,1-8H2;1-2H2. The van der Waals surface area contributed by atoms with E-state index in [0.717, 1.165) is 26.2 Å². The molecule has 96 valence electrons. The summed E-state index contributed by atoms with van der Waals surface area (Å²) in [6.07, 6.45) is -0.546. The van der Waals surface area contributed by atoms with Crippen LogP contribution in [-0.4, -0.2) is 58.6 Å². The number of carbonyl (C=O) groups excluding carboxylic acids is 1. The van der Waals surface area contributed by atoms with Crippen molar-refractivity contribution in [3.8, 4) is 0 Å². The normalized spacial score (nSPS) is 13.8. The monoisotopic (exact) mass is 234 g/mol. The van der Waals surface area contributed by atoms with Crippen molar-refractivity contribution in [3.63, 3.8) is 0 Å². The van der Waals surface area contributed by atoms with Gasteiger partial charge < -0.3 is 31.6 Å². The lowest BCUT2D eigenvalue weighted by Crippen LogP contribution is -2.32. The van der Waals surface area contributed by atoms with E-state index in [1.807, 2.05) is 0 Å². The molecule has 1 aliphatic rings. The maximum Gasteiger partial charge on any atom is 0.508 e. The van der Waals surface area contributed by atoms with Crippen LogP contribution < -0.4 is 22.1 Å². The van der Waals surface area contributed by atoms with Crippen molar-refractivity contribution in [2.24, 2.45) is 11.5 Å². The zero-order chi connectivity index (χ0) is 12.1. The average Bonchev–Trinajstić information content (AvgIpc) is 2.75. The molecule has 0 spiro atoms. The molecule has 0 aromatic heterocycles. The minimum absolute atomic E-state index is 0.416. The molecule has 0 saturated carbocycles. The fraction of sp³-hybridized carbons (Fsp3) is 0.889. The van der Waals surface area contributed by atoms with Crippen molar-refractivity contribution in [2.45, 2.75) is 0 Å². The van der Waals surface area contributed by atoms with Gasteiger partial charge in [0, 0.05) is 39.3 Å². The number of cyclic esters (lactones) is 2. The van der Waals surface area contributed by atoms with E-state index in [2.05, 4.69) is 20.1 Å². The van der Waals surface area contributed by atoms with E-state index in [4.69, 9.17) is 11.5 Å². The molecule has 7 heteroatoms. The van der Waals surface area contributed by atoms with Gasteiger partial charge in [0.1, 0.15) is 13.2 Å². The van der Waals surface area contributed by atoms with Gasteiger partial charge in [-0.3, -0.25) is 0 Å². The van der Waals surface area contributed by atoms with Crippen molar-refractivity contribution >= 4 is 6.16 Å². The molecule has 0 atom stereocenters. The minimum atomic E-state index is -0.546. The molecular formula is C9H22N4O3. The van der Waals surface area contributed by atoms with Crippen molar-refractivity contribution in [1.82, 2.24) is 10.6 Å². The highest BCUT2D eigenvalue weighted by molar-refractivity contribution is 5.61. The highest BCUT2D eigenvalue weighted by Crippen LogP contribution is 1.92. The van der Waals surface area contributed by atoms with Gasteiger partial charge in [0.05, 0.1) is 0 Å². The summed E-state index contributed by atoms with van der Waals surface area (Å²) in [6.45, 7) is 5.97. The molecule has 1 rings (SSSR count). The van der Waals surface area contributed by atoms with Gasteiger partial charge in [-0.05, 0) is 0 Å². The lowest BCUT2D eigenvalue weighted by Gasteiger charge is -2.03. The van der Waals surface area contributed by atoms with Crippen molar-refractivity contribution in [3.05, 3.63) is 0 Å². The Hall–Kier alpha value is -0.890. The van der Waals surface area contributed by atoms with Crippen LogP contribution in [0.25, 0.3) is 0 Å². The molecule has 0 radical (unpaired) electrons. The van der Waals surface area contributed by atoms with Crippen molar-refractivity contribution in [2.75, 3.05) is 52.5 Å². The maximum atomic E-state index is 9.80. The third-order valence-electron chi connectivity index (χ3n) is 1.64. The Balaban J connectivity index is 0.000000315. The second-order valence-electron chi connectivity index (χ2n) is 3.02. The first-order valence-electron chi connectivity index (χ1n) is 5.42. The van der Waals surface area contributed by atoms with Gasteiger partial charge in [-0.25, -0.2) is 4.79 Å². The number of carbonyl (C=O) groups is 1. The Morgan fingerprint density at radius 1 is 0.938 bits per heavy atom. The van der Waals surface area contributed by atoms with Gasteiger partial charge in [0.25, 0.3) is 0 Å². The smallest absolute Gasteiger partial charge is 0.431 e. The van der Waals surface area contributed by atoms with Gasteiger partial charge in [-0.2, -0.15) is 0 Å². The molecular weight excluding hydrogens is 212 g/mol. The van der Waals surface area contributed by atoms with Crippen LogP contribution >= 0.6 is 0 Å². The molecule has 1 aliphatic heterocycles. The second kappa shape index (κ2) is 12.2. The molecule has 7 nitrogen and oxygen atoms in total. The lowest BCUT2D eigenvalue weighted by molar-refractivity contribution is 0.131. The first-order chi connectivity index (χ1) is 7.81. The number of ether oxygens (including phenoxy) is 2. The third-order valence-corrected chi connectivity index (χ3v) is 1.64. The Kier molecular flexibility index (Phi) is 11.5. The molecule has 1 saturated heterocycles. The van der Waals surface area contributed by atoms with Gasteiger partial charge in [0.2, 0.25) is 0 Å². The topological polar surface area (TPSA) is 112 Å². The van der Waals surface area contributed by atoms with Crippen LogP contribution in [0.5, 0.6) is 0 Å². The first kappa shape index (κ1) is 15.1. The fourth-order valence-corrected chi connectivity index (χ4v) is 0.923. The Morgan fingerprint density at radius 3 is 1.62 bits per heavy atom. The first-order valence-corrected chi connectivity index (χ1v) is 5.42. The van der Waals surface area contributed by atoms with Crippen LogP contribution in [0.2, 0.25) is 0 Å². The largest absolute Gasteiger partial charge is 0.508 e. The van der Waals surface area contributed by atoms with E-state index in [-0.39, 0.29) is 0 Å². The Labute approximate surface area is 95.8 Å². The summed E-state index contributed by atoms with van der Waals surface area (Å²) in [4.78, 5) is 9.80. The summed E-state index contributed by atoms with van der Waals surface area (Å²) < 4.78 is 8.58. The summed E-state index contributed by atoms with van der Waals surface area (Å²) in [5, 5.41) is 6.33. The second-order valence-corrected chi connectivity index (χ2v) is 3.02. The van der Waals surface area contributed by atoms with E-state index in [0.29, 0.717) is 26.3 Å². The number of hydrogen-bond donors (Lipinski definition) is 4. The summed E-state index contributed by atoms with van der Waals surface area (Å²) in [5.74, 6) is 0. The lowest BCUT2D eigenvalue weighted by atomic mass is 10.5. The Bertz CT molecular complexity index is 153. The van der Waals surface area contributed by atoms with E-state index in [1.165, 1.54) is 0 Å². The van der Waals surface area contributed by atoms with Gasteiger partial charge in [-0.15, -0.1) is 0 Å². The fourth-order valence-electron chi connectivity index (χ4n) is 0.923. The summed E-state index contributed by atoms with van der Waals surface area (Å²) in [7, 11) is 0. The van der Waals surface area contributed by atoms with Crippen LogP contribution in [-0.2, 0) is 9.47 Å². The highest BCUT2D eigenvalue weighted by Gasteiger charge is 2.09. The molecule has 0 amide bonds. The highest BCUT2D eigenvalue weighted by atomic mass is 16.8. The van der Waals surface area contributed by atoms with Gasteiger partial charge in [-0.1, -0.05) is 0 Å². The van der Waals surface area contributed by atoms with Crippen LogP contribution in [0.1, 0.15) is 0 Å². The Morgan fingerprint density at radius 2 is 1.38 bits per heavy atom. The van der Waals surface area contributed by atoms with Crippen molar-refractivity contribution < 1.29 is 14.3 Å². The van der Waals surface area contributed by atoms with Crippen molar-refractivity contribution in [1.29, 1.82) is 0 Å². The van der Waals surface area contributed by atoms with E-state index >= 15 is 0 Å². The molecule has 0 unspecified atom stereocenters. The zero-order valence-electron chi connectivity index (χ0n) is 9.54. The third kappa shape index (κ3) is 11.2. The molecule has 6 N–H and O–H groups in total. The molecule has 0 aromatic rings. The summed E-state index contributed by atoms with van der Waals surface area (Å²) in [6, 6.07) is 0. The molecule has 0 bridgehead atoms. The van der Waals surface area contributed by atoms with Crippen LogP contribution in [0.3, 0.4) is 0 Å². The van der Waals surface area contributed by atoms with E-state index in [9.17, 15) is 4.79 Å². The predicted octanol–water partition coefficient (Wildman–Crippen LogP) is -1.76. The molecule has 16 heavy (non-hydrogen) atoms. The summed E-state index contributed by atoms with van der Waals surface area (Å²) in [5.41, 5.74) is 10.5. The molecule has 1 fully saturated rings. The molecule has 0 aromatic carbocycles. The minimum Gasteiger partial charge on any atom is -0.431 e. The number of hydrogen-bond acceptors (Lipinski definition) is 7. The number of rotatable bonds is 7. The SMILES string of the molecule is NCCNCCNCCN.O=C1OCCO1. The quantitative estimate of drug-likeness (QED) is 0.305. The van der Waals surface area contributed by atoms with Gasteiger partial charge >= 0.3 is 6.16 Å². The number of nitrogens with one attached hydrogen (secondary N) is 2.